The first kappa shape index (κ1) is 19.0. The Hall–Kier alpha value is -1.33. The second kappa shape index (κ2) is 6.08. The van der Waals surface area contributed by atoms with Gasteiger partial charge < -0.3 is 9.84 Å². The lowest BCUT2D eigenvalue weighted by molar-refractivity contribution is -0.171. The lowest BCUT2D eigenvalue weighted by Crippen LogP contribution is -2.61. The second-order valence-corrected chi connectivity index (χ2v) is 9.66. The first-order valence-corrected chi connectivity index (χ1v) is 10.2. The molecule has 5 heteroatoms. The Labute approximate surface area is 160 Å². The van der Waals surface area contributed by atoms with Crippen LogP contribution in [-0.4, -0.2) is 41.8 Å². The molecule has 5 nitrogen and oxygen atoms in total. The monoisotopic (exact) mass is 374 g/mol. The Kier molecular flexibility index (Phi) is 4.28. The van der Waals surface area contributed by atoms with E-state index in [2.05, 4.69) is 6.92 Å². The maximum atomic E-state index is 13.4. The van der Waals surface area contributed by atoms with Crippen molar-refractivity contribution in [2.24, 2.45) is 28.6 Å². The number of rotatable bonds is 3. The highest BCUT2D eigenvalue weighted by Gasteiger charge is 2.68. The Morgan fingerprint density at radius 3 is 2.67 bits per heavy atom. The van der Waals surface area contributed by atoms with E-state index in [9.17, 15) is 19.5 Å². The zero-order valence-electron chi connectivity index (χ0n) is 16.5. The van der Waals surface area contributed by atoms with Crippen molar-refractivity contribution in [1.82, 2.24) is 0 Å². The number of carbonyl (C=O) groups is 3. The van der Waals surface area contributed by atoms with Crippen molar-refractivity contribution in [3.05, 3.63) is 11.6 Å². The molecule has 4 aliphatic rings. The number of ether oxygens (including phenoxy) is 1. The molecule has 0 aliphatic heterocycles. The highest BCUT2D eigenvalue weighted by Crippen LogP contribution is 2.66. The van der Waals surface area contributed by atoms with E-state index in [1.807, 2.05) is 6.92 Å². The van der Waals surface area contributed by atoms with Gasteiger partial charge in [-0.05, 0) is 55.4 Å². The van der Waals surface area contributed by atoms with Crippen LogP contribution < -0.4 is 0 Å². The van der Waals surface area contributed by atoms with E-state index in [0.29, 0.717) is 12.8 Å². The quantitative estimate of drug-likeness (QED) is 0.821. The molecular weight excluding hydrogens is 344 g/mol. The summed E-state index contributed by atoms with van der Waals surface area (Å²) in [5, 5.41) is 11.3. The van der Waals surface area contributed by atoms with Gasteiger partial charge in [-0.2, -0.15) is 0 Å². The van der Waals surface area contributed by atoms with Crippen LogP contribution >= 0.6 is 0 Å². The maximum Gasteiger partial charge on any atom is 0.190 e. The van der Waals surface area contributed by atoms with Crippen LogP contribution in [0.3, 0.4) is 0 Å². The summed E-state index contributed by atoms with van der Waals surface area (Å²) in [7, 11) is 1.46. The minimum Gasteiger partial charge on any atom is -0.381 e. The molecule has 0 spiro atoms. The third-order valence-electron chi connectivity index (χ3n) is 8.54. The van der Waals surface area contributed by atoms with Crippen LogP contribution in [-0.2, 0) is 19.1 Å². The molecule has 0 radical (unpaired) electrons. The number of Topliss-reactive ketones (excluding diaryl/α,β-unsaturated/α-hetero) is 2. The zero-order chi connectivity index (χ0) is 19.6. The van der Waals surface area contributed by atoms with Gasteiger partial charge in [0.05, 0.1) is 0 Å². The molecule has 27 heavy (non-hydrogen) atoms. The topological polar surface area (TPSA) is 80.7 Å². The average Bonchev–Trinajstić information content (AvgIpc) is 2.87. The summed E-state index contributed by atoms with van der Waals surface area (Å²) in [5.74, 6) is 0.273. The number of allylic oxidation sites excluding steroid dienone is 1. The van der Waals surface area contributed by atoms with Crippen LogP contribution in [0.4, 0.5) is 0 Å². The Bertz CT molecular complexity index is 739. The van der Waals surface area contributed by atoms with Gasteiger partial charge in [-0.1, -0.05) is 19.4 Å². The smallest absolute Gasteiger partial charge is 0.190 e. The van der Waals surface area contributed by atoms with Crippen molar-refractivity contribution in [3.63, 3.8) is 0 Å². The number of hydrogen-bond acceptors (Lipinski definition) is 5. The minimum atomic E-state index is -1.48. The molecule has 4 aliphatic carbocycles. The lowest BCUT2D eigenvalue weighted by atomic mass is 9.46. The van der Waals surface area contributed by atoms with Gasteiger partial charge in [-0.3, -0.25) is 14.4 Å². The predicted molar refractivity (Wildman–Crippen MR) is 98.9 cm³/mol. The number of fused-ring (bicyclic) bond motifs is 5. The van der Waals surface area contributed by atoms with E-state index in [1.165, 1.54) is 7.11 Å². The first-order chi connectivity index (χ1) is 12.7. The number of carbonyl (C=O) groups excluding carboxylic acids is 3. The molecule has 1 N–H and O–H groups in total. The van der Waals surface area contributed by atoms with Gasteiger partial charge >= 0.3 is 0 Å². The van der Waals surface area contributed by atoms with E-state index in [1.54, 1.807) is 6.08 Å². The fraction of sp³-hybridized carbons (Fsp3) is 0.773. The van der Waals surface area contributed by atoms with Crippen molar-refractivity contribution < 1.29 is 24.2 Å². The van der Waals surface area contributed by atoms with Gasteiger partial charge in [0, 0.05) is 31.3 Å². The minimum absolute atomic E-state index is 0.0939. The zero-order valence-corrected chi connectivity index (χ0v) is 16.5. The van der Waals surface area contributed by atoms with Crippen LogP contribution in [0.2, 0.25) is 0 Å². The van der Waals surface area contributed by atoms with Crippen molar-refractivity contribution in [3.8, 4) is 0 Å². The van der Waals surface area contributed by atoms with Crippen LogP contribution in [0.1, 0.15) is 58.8 Å². The number of ketones is 3. The van der Waals surface area contributed by atoms with Gasteiger partial charge in [-0.25, -0.2) is 0 Å². The van der Waals surface area contributed by atoms with E-state index >= 15 is 0 Å². The molecule has 148 valence electrons. The maximum absolute atomic E-state index is 13.4. The number of aliphatic hydroxyl groups is 1. The molecule has 0 heterocycles. The Morgan fingerprint density at radius 2 is 1.96 bits per heavy atom. The van der Waals surface area contributed by atoms with Crippen LogP contribution in [0, 0.1) is 28.6 Å². The molecule has 0 aromatic carbocycles. The summed E-state index contributed by atoms with van der Waals surface area (Å²) in [5.41, 5.74) is -1.30. The predicted octanol–water partition coefficient (Wildman–Crippen LogP) is 2.64. The molecule has 0 unspecified atom stereocenters. The van der Waals surface area contributed by atoms with E-state index in [-0.39, 0.29) is 53.5 Å². The summed E-state index contributed by atoms with van der Waals surface area (Å²) >= 11 is 0. The van der Waals surface area contributed by atoms with Crippen LogP contribution in [0.25, 0.3) is 0 Å². The molecular formula is C22H30O5. The molecule has 0 aromatic rings. The summed E-state index contributed by atoms with van der Waals surface area (Å²) in [6.07, 6.45) is 6.15. The molecule has 0 bridgehead atoms. The summed E-state index contributed by atoms with van der Waals surface area (Å²) < 4.78 is 5.00. The summed E-state index contributed by atoms with van der Waals surface area (Å²) in [6, 6.07) is 0. The molecule has 3 saturated carbocycles. The number of methoxy groups -OCH3 is 1. The van der Waals surface area contributed by atoms with E-state index in [4.69, 9.17) is 4.74 Å². The van der Waals surface area contributed by atoms with Crippen LogP contribution in [0.5, 0.6) is 0 Å². The molecule has 6 atom stereocenters. The SMILES string of the molecule is COCC(=O)[C@@]1(O)CC[C@H]2[C@@H]3CCC4=CC(=O)CC[C@]4(C)[C@H]3C(=O)C[C@@]21C. The standard InChI is InChI=1S/C22H30O5/c1-20-8-6-14(23)10-13(20)4-5-15-16-7-9-22(26,18(25)12-27-3)21(16,2)11-17(24)19(15)20/h10,15-16,19,26H,4-9,11-12H2,1-3H3/t15-,16-,19+,20-,21-,22-/m0/s1. The van der Waals surface area contributed by atoms with Crippen molar-refractivity contribution >= 4 is 17.3 Å². The molecule has 0 saturated heterocycles. The van der Waals surface area contributed by atoms with Gasteiger partial charge in [0.2, 0.25) is 0 Å². The third-order valence-corrected chi connectivity index (χ3v) is 8.54. The molecule has 4 rings (SSSR count). The summed E-state index contributed by atoms with van der Waals surface area (Å²) in [4.78, 5) is 38.0. The first-order valence-electron chi connectivity index (χ1n) is 10.2. The van der Waals surface area contributed by atoms with Gasteiger partial charge in [0.15, 0.2) is 11.6 Å². The third kappa shape index (κ3) is 2.40. The van der Waals surface area contributed by atoms with Crippen molar-refractivity contribution in [2.75, 3.05) is 13.7 Å². The van der Waals surface area contributed by atoms with Gasteiger partial charge in [0.25, 0.3) is 0 Å². The fourth-order valence-electron chi connectivity index (χ4n) is 7.10. The van der Waals surface area contributed by atoms with E-state index in [0.717, 1.165) is 31.3 Å². The van der Waals surface area contributed by atoms with E-state index < -0.39 is 11.0 Å². The fourth-order valence-corrected chi connectivity index (χ4v) is 7.10. The average molecular weight is 374 g/mol. The summed E-state index contributed by atoms with van der Waals surface area (Å²) in [6.45, 7) is 3.97. The van der Waals surface area contributed by atoms with Crippen LogP contribution in [0.15, 0.2) is 11.6 Å². The van der Waals surface area contributed by atoms with Crippen molar-refractivity contribution in [1.29, 1.82) is 0 Å². The van der Waals surface area contributed by atoms with Gasteiger partial charge in [0.1, 0.15) is 18.0 Å². The Balaban J connectivity index is 1.72. The highest BCUT2D eigenvalue weighted by molar-refractivity contribution is 5.94. The molecule has 0 aromatic heterocycles. The Morgan fingerprint density at radius 1 is 1.22 bits per heavy atom. The number of hydrogen-bond donors (Lipinski definition) is 1. The van der Waals surface area contributed by atoms with Crippen molar-refractivity contribution in [2.45, 2.75) is 64.4 Å². The normalized spacial score (nSPS) is 46.4. The molecule has 3 fully saturated rings. The largest absolute Gasteiger partial charge is 0.381 e. The lowest BCUT2D eigenvalue weighted by Gasteiger charge is -2.57. The highest BCUT2D eigenvalue weighted by atomic mass is 16.5. The second-order valence-electron chi connectivity index (χ2n) is 9.66. The molecule has 0 amide bonds. The van der Waals surface area contributed by atoms with Gasteiger partial charge in [-0.15, -0.1) is 0 Å².